The Hall–Kier alpha value is -3.60. The Morgan fingerprint density at radius 3 is 2.47 bits per heavy atom. The standard InChI is InChI=1S/C25H25N3O2/c1-25(2,3)18-10-8-16(9-11-18)23(29)27-19-7-5-6-17(14-19)21-15-28(4)24(30)22-20(21)12-13-26-22/h5-15,26H,1-4H3,(H,27,29). The minimum absolute atomic E-state index is 0.0443. The molecule has 0 fully saturated rings. The molecule has 0 aliphatic rings. The maximum atomic E-state index is 12.7. The molecule has 30 heavy (non-hydrogen) atoms. The summed E-state index contributed by atoms with van der Waals surface area (Å²) in [7, 11) is 1.74. The molecule has 0 spiro atoms. The molecule has 1 amide bonds. The highest BCUT2D eigenvalue weighted by Gasteiger charge is 2.15. The summed E-state index contributed by atoms with van der Waals surface area (Å²) in [6, 6.07) is 17.3. The normalized spacial score (nSPS) is 11.6. The number of carbonyl (C=O) groups excluding carboxylic acids is 1. The summed E-state index contributed by atoms with van der Waals surface area (Å²) >= 11 is 0. The molecule has 0 radical (unpaired) electrons. The first-order valence-electron chi connectivity index (χ1n) is 9.93. The van der Waals surface area contributed by atoms with Crippen molar-refractivity contribution in [3.63, 3.8) is 0 Å². The van der Waals surface area contributed by atoms with Gasteiger partial charge >= 0.3 is 0 Å². The Balaban J connectivity index is 1.63. The van der Waals surface area contributed by atoms with Crippen molar-refractivity contribution in [2.45, 2.75) is 26.2 Å². The Kier molecular flexibility index (Phi) is 4.82. The van der Waals surface area contributed by atoms with Crippen LogP contribution >= 0.6 is 0 Å². The topological polar surface area (TPSA) is 66.9 Å². The highest BCUT2D eigenvalue weighted by atomic mass is 16.1. The summed E-state index contributed by atoms with van der Waals surface area (Å²) in [5, 5.41) is 3.84. The van der Waals surface area contributed by atoms with Crippen molar-refractivity contribution in [3.05, 3.63) is 88.5 Å². The summed E-state index contributed by atoms with van der Waals surface area (Å²) in [5.41, 5.74) is 4.91. The van der Waals surface area contributed by atoms with E-state index in [1.54, 1.807) is 17.8 Å². The maximum Gasteiger partial charge on any atom is 0.274 e. The molecule has 0 saturated heterocycles. The van der Waals surface area contributed by atoms with Gasteiger partial charge in [-0.3, -0.25) is 9.59 Å². The third kappa shape index (κ3) is 3.66. The van der Waals surface area contributed by atoms with Crippen LogP contribution in [0.2, 0.25) is 0 Å². The predicted octanol–water partition coefficient (Wildman–Crippen LogP) is 5.08. The highest BCUT2D eigenvalue weighted by Crippen LogP contribution is 2.28. The molecule has 0 atom stereocenters. The monoisotopic (exact) mass is 399 g/mol. The van der Waals surface area contributed by atoms with E-state index in [2.05, 4.69) is 31.1 Å². The lowest BCUT2D eigenvalue weighted by Gasteiger charge is -2.19. The van der Waals surface area contributed by atoms with Crippen LogP contribution in [0.3, 0.4) is 0 Å². The number of H-pyrrole nitrogens is 1. The molecular weight excluding hydrogens is 374 g/mol. The molecule has 0 aliphatic carbocycles. The first kappa shape index (κ1) is 19.7. The van der Waals surface area contributed by atoms with Gasteiger partial charge in [0.1, 0.15) is 5.52 Å². The van der Waals surface area contributed by atoms with Crippen molar-refractivity contribution in [2.75, 3.05) is 5.32 Å². The number of aromatic nitrogens is 2. The number of rotatable bonds is 3. The number of nitrogens with one attached hydrogen (secondary N) is 2. The van der Waals surface area contributed by atoms with Crippen LogP contribution in [-0.2, 0) is 12.5 Å². The molecular formula is C25H25N3O2. The fourth-order valence-corrected chi connectivity index (χ4v) is 3.59. The number of aryl methyl sites for hydroxylation is 1. The van der Waals surface area contributed by atoms with Crippen molar-refractivity contribution in [3.8, 4) is 11.1 Å². The molecule has 0 saturated carbocycles. The molecule has 2 N–H and O–H groups in total. The lowest BCUT2D eigenvalue weighted by molar-refractivity contribution is 0.102. The van der Waals surface area contributed by atoms with Crippen molar-refractivity contribution >= 4 is 22.5 Å². The van der Waals surface area contributed by atoms with Crippen LogP contribution in [0.5, 0.6) is 0 Å². The van der Waals surface area contributed by atoms with Crippen LogP contribution in [0.1, 0.15) is 36.7 Å². The van der Waals surface area contributed by atoms with E-state index in [0.29, 0.717) is 16.8 Å². The van der Waals surface area contributed by atoms with Crippen LogP contribution in [0.15, 0.2) is 71.8 Å². The van der Waals surface area contributed by atoms with E-state index in [1.807, 2.05) is 60.8 Å². The Morgan fingerprint density at radius 1 is 1.03 bits per heavy atom. The fraction of sp³-hybridized carbons (Fsp3) is 0.200. The second-order valence-corrected chi connectivity index (χ2v) is 8.59. The Labute approximate surface area is 175 Å². The molecule has 0 aliphatic heterocycles. The van der Waals surface area contributed by atoms with Crippen LogP contribution in [-0.4, -0.2) is 15.5 Å². The fourth-order valence-electron chi connectivity index (χ4n) is 3.59. The van der Waals surface area contributed by atoms with Gasteiger partial charge in [0, 0.05) is 41.6 Å². The average molecular weight is 399 g/mol. The zero-order valence-corrected chi connectivity index (χ0v) is 17.6. The number of fused-ring (bicyclic) bond motifs is 1. The minimum Gasteiger partial charge on any atom is -0.357 e. The first-order valence-corrected chi connectivity index (χ1v) is 9.93. The Morgan fingerprint density at radius 2 is 1.77 bits per heavy atom. The van der Waals surface area contributed by atoms with Gasteiger partial charge < -0.3 is 14.9 Å². The quantitative estimate of drug-likeness (QED) is 0.504. The molecule has 0 bridgehead atoms. The van der Waals surface area contributed by atoms with Crippen molar-refractivity contribution < 1.29 is 4.79 Å². The average Bonchev–Trinajstić information content (AvgIpc) is 3.20. The second kappa shape index (κ2) is 7.34. The molecule has 5 heteroatoms. The number of aromatic amines is 1. The number of carbonyl (C=O) groups is 1. The minimum atomic E-state index is -0.153. The summed E-state index contributed by atoms with van der Waals surface area (Å²) in [5.74, 6) is -0.153. The molecule has 5 nitrogen and oxygen atoms in total. The van der Waals surface area contributed by atoms with E-state index in [1.165, 1.54) is 5.56 Å². The highest BCUT2D eigenvalue weighted by molar-refractivity contribution is 6.05. The van der Waals surface area contributed by atoms with Gasteiger partial charge in [-0.05, 0) is 46.9 Å². The summed E-state index contributed by atoms with van der Waals surface area (Å²) < 4.78 is 1.57. The largest absolute Gasteiger partial charge is 0.357 e. The van der Waals surface area contributed by atoms with Crippen LogP contribution < -0.4 is 10.9 Å². The third-order valence-corrected chi connectivity index (χ3v) is 5.34. The van der Waals surface area contributed by atoms with E-state index in [0.717, 1.165) is 16.5 Å². The molecule has 0 unspecified atom stereocenters. The molecule has 2 aromatic heterocycles. The van der Waals surface area contributed by atoms with Gasteiger partial charge in [-0.15, -0.1) is 0 Å². The van der Waals surface area contributed by atoms with E-state index in [-0.39, 0.29) is 16.9 Å². The van der Waals surface area contributed by atoms with Gasteiger partial charge in [-0.1, -0.05) is 45.0 Å². The number of amides is 1. The zero-order valence-electron chi connectivity index (χ0n) is 17.6. The van der Waals surface area contributed by atoms with Crippen molar-refractivity contribution in [2.24, 2.45) is 7.05 Å². The van der Waals surface area contributed by atoms with Gasteiger partial charge in [0.05, 0.1) is 0 Å². The number of nitrogens with zero attached hydrogens (tertiary/aromatic N) is 1. The number of hydrogen-bond donors (Lipinski definition) is 2. The van der Waals surface area contributed by atoms with E-state index >= 15 is 0 Å². The van der Waals surface area contributed by atoms with Gasteiger partial charge in [0.15, 0.2) is 0 Å². The van der Waals surface area contributed by atoms with E-state index in [4.69, 9.17) is 0 Å². The lowest BCUT2D eigenvalue weighted by Crippen LogP contribution is -2.16. The molecule has 2 aromatic carbocycles. The maximum absolute atomic E-state index is 12.7. The Bertz CT molecular complexity index is 1290. The molecule has 152 valence electrons. The third-order valence-electron chi connectivity index (χ3n) is 5.34. The molecule has 4 aromatic rings. The van der Waals surface area contributed by atoms with E-state index < -0.39 is 0 Å². The summed E-state index contributed by atoms with van der Waals surface area (Å²) in [4.78, 5) is 28.1. The van der Waals surface area contributed by atoms with Crippen molar-refractivity contribution in [1.29, 1.82) is 0 Å². The number of pyridine rings is 1. The van der Waals surface area contributed by atoms with Crippen LogP contribution in [0.4, 0.5) is 5.69 Å². The van der Waals surface area contributed by atoms with Gasteiger partial charge in [0.25, 0.3) is 11.5 Å². The lowest BCUT2D eigenvalue weighted by atomic mass is 9.87. The summed E-state index contributed by atoms with van der Waals surface area (Å²) in [6.45, 7) is 6.44. The van der Waals surface area contributed by atoms with Crippen LogP contribution in [0.25, 0.3) is 22.0 Å². The predicted molar refractivity (Wildman–Crippen MR) is 122 cm³/mol. The van der Waals surface area contributed by atoms with Gasteiger partial charge in [0.2, 0.25) is 0 Å². The smallest absolute Gasteiger partial charge is 0.274 e. The number of hydrogen-bond acceptors (Lipinski definition) is 2. The second-order valence-electron chi connectivity index (χ2n) is 8.59. The number of anilines is 1. The van der Waals surface area contributed by atoms with Gasteiger partial charge in [-0.25, -0.2) is 0 Å². The molecule has 4 rings (SSSR count). The summed E-state index contributed by atoms with van der Waals surface area (Å²) in [6.07, 6.45) is 3.59. The van der Waals surface area contributed by atoms with Gasteiger partial charge in [-0.2, -0.15) is 0 Å². The van der Waals surface area contributed by atoms with Crippen LogP contribution in [0, 0.1) is 0 Å². The van der Waals surface area contributed by atoms with E-state index in [9.17, 15) is 9.59 Å². The zero-order chi connectivity index (χ0) is 21.5. The molecule has 2 heterocycles. The number of benzene rings is 2. The first-order chi connectivity index (χ1) is 14.2. The van der Waals surface area contributed by atoms with Crippen molar-refractivity contribution in [1.82, 2.24) is 9.55 Å². The SMILES string of the molecule is Cn1cc(-c2cccc(NC(=O)c3ccc(C(C)(C)C)cc3)c2)c2cc[nH]c2c1=O.